The van der Waals surface area contributed by atoms with Crippen LogP contribution in [0.15, 0.2) is 55.0 Å². The summed E-state index contributed by atoms with van der Waals surface area (Å²) in [6.07, 6.45) is 7.75. The summed E-state index contributed by atoms with van der Waals surface area (Å²) >= 11 is 0. The van der Waals surface area contributed by atoms with E-state index in [1.807, 2.05) is 42.7 Å². The zero-order valence-corrected chi connectivity index (χ0v) is 15.4. The fourth-order valence-electron chi connectivity index (χ4n) is 3.71. The van der Waals surface area contributed by atoms with Gasteiger partial charge in [0, 0.05) is 30.7 Å². The molecular weight excluding hydrogens is 338 g/mol. The van der Waals surface area contributed by atoms with Crippen LogP contribution in [0.1, 0.15) is 30.1 Å². The maximum Gasteiger partial charge on any atom is 0.220 e. The lowest BCUT2D eigenvalue weighted by Crippen LogP contribution is -2.24. The van der Waals surface area contributed by atoms with Crippen LogP contribution in [-0.4, -0.2) is 33.5 Å². The first-order chi connectivity index (χ1) is 13.2. The minimum Gasteiger partial charge on any atom is -0.497 e. The molecule has 6 nitrogen and oxygen atoms in total. The van der Waals surface area contributed by atoms with Gasteiger partial charge in [0.1, 0.15) is 5.75 Å². The zero-order valence-electron chi connectivity index (χ0n) is 15.4. The van der Waals surface area contributed by atoms with Gasteiger partial charge in [0.2, 0.25) is 5.95 Å². The maximum atomic E-state index is 5.95. The fourth-order valence-corrected chi connectivity index (χ4v) is 3.71. The number of nitrogen functional groups attached to an aromatic ring is 1. The Bertz CT molecular complexity index is 898. The highest BCUT2D eigenvalue weighted by Gasteiger charge is 2.29. The predicted molar refractivity (Wildman–Crippen MR) is 105 cm³/mol. The van der Waals surface area contributed by atoms with Crippen LogP contribution in [0, 0.1) is 0 Å². The topological polar surface area (TPSA) is 77.2 Å². The number of nitrogens with two attached hydrogens (primary N) is 1. The summed E-state index contributed by atoms with van der Waals surface area (Å²) < 4.78 is 5.27. The van der Waals surface area contributed by atoms with Crippen molar-refractivity contribution in [3.05, 3.63) is 66.2 Å². The molecule has 1 unspecified atom stereocenters. The van der Waals surface area contributed by atoms with Crippen LogP contribution >= 0.6 is 0 Å². The summed E-state index contributed by atoms with van der Waals surface area (Å²) in [5.74, 6) is 1.14. The van der Waals surface area contributed by atoms with E-state index in [-0.39, 0.29) is 6.04 Å². The smallest absolute Gasteiger partial charge is 0.220 e. The van der Waals surface area contributed by atoms with Crippen LogP contribution in [0.3, 0.4) is 0 Å². The van der Waals surface area contributed by atoms with Crippen molar-refractivity contribution in [1.82, 2.24) is 19.9 Å². The van der Waals surface area contributed by atoms with E-state index < -0.39 is 0 Å². The second kappa shape index (κ2) is 7.72. The molecule has 1 aliphatic rings. The summed E-state index contributed by atoms with van der Waals surface area (Å²) in [4.78, 5) is 15.6. The van der Waals surface area contributed by atoms with Gasteiger partial charge in [0.05, 0.1) is 18.8 Å². The predicted octanol–water partition coefficient (Wildman–Crippen LogP) is 3.47. The van der Waals surface area contributed by atoms with E-state index in [1.165, 1.54) is 5.56 Å². The van der Waals surface area contributed by atoms with Crippen molar-refractivity contribution in [2.75, 3.05) is 19.4 Å². The number of rotatable bonds is 5. The Morgan fingerprint density at radius 3 is 2.78 bits per heavy atom. The molecule has 138 valence electrons. The normalized spacial score (nSPS) is 17.1. The van der Waals surface area contributed by atoms with Gasteiger partial charge in [-0.3, -0.25) is 9.88 Å². The molecule has 2 N–H and O–H groups in total. The van der Waals surface area contributed by atoms with Gasteiger partial charge in [-0.2, -0.15) is 0 Å². The van der Waals surface area contributed by atoms with E-state index in [0.717, 1.165) is 48.5 Å². The maximum absolute atomic E-state index is 5.95. The summed E-state index contributed by atoms with van der Waals surface area (Å²) in [6.45, 7) is 1.88. The molecule has 1 fully saturated rings. The molecule has 3 aromatic rings. The molecule has 1 aliphatic heterocycles. The van der Waals surface area contributed by atoms with E-state index >= 15 is 0 Å². The highest BCUT2D eigenvalue weighted by Crippen LogP contribution is 2.37. The molecular formula is C21H23N5O. The molecule has 27 heavy (non-hydrogen) atoms. The van der Waals surface area contributed by atoms with E-state index in [0.29, 0.717) is 5.95 Å². The molecule has 0 saturated carbocycles. The number of likely N-dealkylation sites (tertiary alicyclic amines) is 1. The minimum absolute atomic E-state index is 0.215. The van der Waals surface area contributed by atoms with E-state index in [4.69, 9.17) is 10.5 Å². The van der Waals surface area contributed by atoms with Crippen LogP contribution in [0.2, 0.25) is 0 Å². The lowest BCUT2D eigenvalue weighted by atomic mass is 9.99. The van der Waals surface area contributed by atoms with E-state index in [1.54, 1.807) is 13.3 Å². The molecule has 0 spiro atoms. The van der Waals surface area contributed by atoms with Gasteiger partial charge < -0.3 is 10.5 Å². The largest absolute Gasteiger partial charge is 0.497 e. The second-order valence-electron chi connectivity index (χ2n) is 6.75. The first kappa shape index (κ1) is 17.4. The number of ether oxygens (including phenoxy) is 1. The van der Waals surface area contributed by atoms with Crippen molar-refractivity contribution < 1.29 is 4.74 Å². The SMILES string of the molecule is COc1ccc(-c2cnc(N)nc2C2CCCN2Cc2cccnc2)cc1. The zero-order chi connectivity index (χ0) is 18.6. The van der Waals surface area contributed by atoms with Crippen LogP contribution in [0.25, 0.3) is 11.1 Å². The number of anilines is 1. The number of hydrogen-bond acceptors (Lipinski definition) is 6. The third-order valence-corrected chi connectivity index (χ3v) is 5.03. The summed E-state index contributed by atoms with van der Waals surface area (Å²) in [5.41, 5.74) is 10.2. The first-order valence-corrected chi connectivity index (χ1v) is 9.14. The van der Waals surface area contributed by atoms with Gasteiger partial charge in [0.15, 0.2) is 0 Å². The molecule has 2 aromatic heterocycles. The van der Waals surface area contributed by atoms with Crippen LogP contribution in [-0.2, 0) is 6.54 Å². The summed E-state index contributed by atoms with van der Waals surface area (Å²) in [7, 11) is 1.67. The highest BCUT2D eigenvalue weighted by molar-refractivity contribution is 5.67. The van der Waals surface area contributed by atoms with Gasteiger partial charge in [-0.15, -0.1) is 0 Å². The van der Waals surface area contributed by atoms with Gasteiger partial charge in [0.25, 0.3) is 0 Å². The molecule has 0 amide bonds. The first-order valence-electron chi connectivity index (χ1n) is 9.14. The molecule has 1 saturated heterocycles. The fraction of sp³-hybridized carbons (Fsp3) is 0.286. The number of pyridine rings is 1. The molecule has 3 heterocycles. The van der Waals surface area contributed by atoms with Gasteiger partial charge >= 0.3 is 0 Å². The van der Waals surface area contributed by atoms with Gasteiger partial charge in [-0.25, -0.2) is 9.97 Å². The van der Waals surface area contributed by atoms with Crippen molar-refractivity contribution in [1.29, 1.82) is 0 Å². The summed E-state index contributed by atoms with van der Waals surface area (Å²) in [6, 6.07) is 12.3. The summed E-state index contributed by atoms with van der Waals surface area (Å²) in [5, 5.41) is 0. The van der Waals surface area contributed by atoms with Crippen LogP contribution in [0.5, 0.6) is 5.75 Å². The van der Waals surface area contributed by atoms with E-state index in [2.05, 4.69) is 25.9 Å². The van der Waals surface area contributed by atoms with Crippen molar-refractivity contribution in [2.45, 2.75) is 25.4 Å². The van der Waals surface area contributed by atoms with Crippen molar-refractivity contribution >= 4 is 5.95 Å². The Labute approximate surface area is 159 Å². The average molecular weight is 361 g/mol. The van der Waals surface area contributed by atoms with Crippen molar-refractivity contribution in [3.8, 4) is 16.9 Å². The molecule has 0 radical (unpaired) electrons. The molecule has 0 bridgehead atoms. The molecule has 0 aliphatic carbocycles. The lowest BCUT2D eigenvalue weighted by molar-refractivity contribution is 0.244. The lowest BCUT2D eigenvalue weighted by Gasteiger charge is -2.25. The standard InChI is InChI=1S/C21H23N5O/c1-27-17-8-6-16(7-9-17)18-13-24-21(22)25-20(18)19-5-3-11-26(19)14-15-4-2-10-23-12-15/h2,4,6-10,12-13,19H,3,5,11,14H2,1H3,(H2,22,24,25). The number of nitrogens with zero attached hydrogens (tertiary/aromatic N) is 4. The van der Waals surface area contributed by atoms with Crippen LogP contribution in [0.4, 0.5) is 5.95 Å². The second-order valence-corrected chi connectivity index (χ2v) is 6.75. The minimum atomic E-state index is 0.215. The molecule has 4 rings (SSSR count). The number of aromatic nitrogens is 3. The Balaban J connectivity index is 1.68. The van der Waals surface area contributed by atoms with Gasteiger partial charge in [-0.1, -0.05) is 18.2 Å². The molecule has 1 aromatic carbocycles. The Hall–Kier alpha value is -2.99. The van der Waals surface area contributed by atoms with E-state index in [9.17, 15) is 0 Å². The Kier molecular flexibility index (Phi) is 4.98. The van der Waals surface area contributed by atoms with Gasteiger partial charge in [-0.05, 0) is 48.7 Å². The van der Waals surface area contributed by atoms with Crippen molar-refractivity contribution in [3.63, 3.8) is 0 Å². The average Bonchev–Trinajstić information content (AvgIpc) is 3.17. The third-order valence-electron chi connectivity index (χ3n) is 5.03. The Morgan fingerprint density at radius 1 is 1.19 bits per heavy atom. The molecule has 6 heteroatoms. The number of methoxy groups -OCH3 is 1. The highest BCUT2D eigenvalue weighted by atomic mass is 16.5. The molecule has 1 atom stereocenters. The van der Waals surface area contributed by atoms with Crippen LogP contribution < -0.4 is 10.5 Å². The number of hydrogen-bond donors (Lipinski definition) is 1. The monoisotopic (exact) mass is 361 g/mol. The third kappa shape index (κ3) is 3.75. The Morgan fingerprint density at radius 2 is 2.04 bits per heavy atom. The quantitative estimate of drug-likeness (QED) is 0.750. The number of benzene rings is 1. The van der Waals surface area contributed by atoms with Crippen molar-refractivity contribution in [2.24, 2.45) is 0 Å².